The zero-order valence-corrected chi connectivity index (χ0v) is 10.2. The number of ether oxygens (including phenoxy) is 2. The highest BCUT2D eigenvalue weighted by Crippen LogP contribution is 2.40. The van der Waals surface area contributed by atoms with Gasteiger partial charge in [-0.3, -0.25) is 0 Å². The van der Waals surface area contributed by atoms with Crippen molar-refractivity contribution in [1.82, 2.24) is 0 Å². The molecule has 17 heavy (non-hydrogen) atoms. The van der Waals surface area contributed by atoms with Crippen LogP contribution < -0.4 is 9.47 Å². The Hall–Kier alpha value is -1.51. The molecular weight excluding hydrogens is 242 g/mol. The molecule has 5 heteroatoms. The van der Waals surface area contributed by atoms with Crippen molar-refractivity contribution >= 4 is 17.7 Å². The predicted molar refractivity (Wildman–Crippen MR) is 63.5 cm³/mol. The summed E-state index contributed by atoms with van der Waals surface area (Å²) in [6.45, 7) is 0.239. The van der Waals surface area contributed by atoms with Crippen molar-refractivity contribution in [2.45, 2.75) is 25.5 Å². The Labute approximate surface area is 104 Å². The summed E-state index contributed by atoms with van der Waals surface area (Å²) in [6, 6.07) is 3.49. The van der Waals surface area contributed by atoms with Crippen LogP contribution >= 0.6 is 11.6 Å². The molecule has 1 saturated carbocycles. The molecule has 1 fully saturated rings. The lowest BCUT2D eigenvalue weighted by Crippen LogP contribution is -2.00. The van der Waals surface area contributed by atoms with E-state index in [9.17, 15) is 4.79 Å². The van der Waals surface area contributed by atoms with Gasteiger partial charge in [-0.2, -0.15) is 0 Å². The maximum absolute atomic E-state index is 10.1. The van der Waals surface area contributed by atoms with Crippen molar-refractivity contribution in [1.29, 1.82) is 0 Å². The molecule has 0 aliphatic heterocycles. The molecule has 0 spiro atoms. The topological polar surface area (TPSA) is 47.9 Å². The average Bonchev–Trinajstić information content (AvgIpc) is 3.13. The second kappa shape index (κ2) is 5.21. The van der Waals surface area contributed by atoms with Gasteiger partial charge in [0, 0.05) is 0 Å². The summed E-state index contributed by atoms with van der Waals surface area (Å²) in [5.74, 6) is 1.14. The van der Waals surface area contributed by atoms with Crippen LogP contribution in [0.3, 0.4) is 0 Å². The van der Waals surface area contributed by atoms with Gasteiger partial charge in [0.05, 0.1) is 24.8 Å². The molecule has 1 aromatic carbocycles. The number of isocyanates is 1. The van der Waals surface area contributed by atoms with Crippen LogP contribution in [0.15, 0.2) is 17.1 Å². The van der Waals surface area contributed by atoms with Crippen LogP contribution in [0, 0.1) is 0 Å². The van der Waals surface area contributed by atoms with E-state index in [2.05, 4.69) is 4.99 Å². The Kier molecular flexibility index (Phi) is 3.67. The highest BCUT2D eigenvalue weighted by Gasteiger charge is 2.26. The lowest BCUT2D eigenvalue weighted by molar-refractivity contribution is 0.282. The predicted octanol–water partition coefficient (Wildman–Crippen LogP) is 2.73. The highest BCUT2D eigenvalue weighted by molar-refractivity contribution is 6.32. The van der Waals surface area contributed by atoms with Gasteiger partial charge in [-0.1, -0.05) is 11.6 Å². The minimum Gasteiger partial charge on any atom is -0.493 e. The Bertz CT molecular complexity index is 465. The monoisotopic (exact) mass is 253 g/mol. The minimum atomic E-state index is 0.239. The summed E-state index contributed by atoms with van der Waals surface area (Å²) >= 11 is 6.12. The SMILES string of the molecule is COc1cc(CN=C=O)cc(Cl)c1OC1CC1. The Morgan fingerprint density at radius 2 is 2.29 bits per heavy atom. The first-order valence-electron chi connectivity index (χ1n) is 5.31. The number of carbonyl (C=O) groups excluding carboxylic acids is 1. The Balaban J connectivity index is 2.28. The molecule has 4 nitrogen and oxygen atoms in total. The number of rotatable bonds is 5. The third kappa shape index (κ3) is 2.99. The number of hydrogen-bond donors (Lipinski definition) is 0. The van der Waals surface area contributed by atoms with Crippen LogP contribution in [0.5, 0.6) is 11.5 Å². The largest absolute Gasteiger partial charge is 0.493 e. The van der Waals surface area contributed by atoms with Gasteiger partial charge in [-0.05, 0) is 30.5 Å². The van der Waals surface area contributed by atoms with Crippen LogP contribution in [0.1, 0.15) is 18.4 Å². The summed E-state index contributed by atoms with van der Waals surface area (Å²) in [6.07, 6.45) is 3.84. The third-order valence-electron chi connectivity index (χ3n) is 2.42. The molecule has 0 atom stereocenters. The average molecular weight is 254 g/mol. The van der Waals surface area contributed by atoms with Crippen molar-refractivity contribution in [2.24, 2.45) is 4.99 Å². The van der Waals surface area contributed by atoms with E-state index < -0.39 is 0 Å². The van der Waals surface area contributed by atoms with Gasteiger partial charge in [0.2, 0.25) is 6.08 Å². The van der Waals surface area contributed by atoms with Crippen molar-refractivity contribution in [3.63, 3.8) is 0 Å². The normalized spacial score (nSPS) is 14.0. The molecule has 0 saturated heterocycles. The van der Waals surface area contributed by atoms with E-state index in [1.165, 1.54) is 6.08 Å². The lowest BCUT2D eigenvalue weighted by atomic mass is 10.2. The van der Waals surface area contributed by atoms with Gasteiger partial charge < -0.3 is 9.47 Å². The first-order valence-corrected chi connectivity index (χ1v) is 5.69. The highest BCUT2D eigenvalue weighted by atomic mass is 35.5. The first kappa shape index (κ1) is 12.0. The molecule has 0 aromatic heterocycles. The molecule has 0 heterocycles. The van der Waals surface area contributed by atoms with E-state index in [1.807, 2.05) is 0 Å². The summed E-state index contributed by atoms with van der Waals surface area (Å²) in [5.41, 5.74) is 0.790. The van der Waals surface area contributed by atoms with Gasteiger partial charge in [0.25, 0.3) is 0 Å². The number of benzene rings is 1. The van der Waals surface area contributed by atoms with Crippen molar-refractivity contribution < 1.29 is 14.3 Å². The molecule has 0 radical (unpaired) electrons. The number of nitrogens with zero attached hydrogens (tertiary/aromatic N) is 1. The number of halogens is 1. The van der Waals surface area contributed by atoms with E-state index >= 15 is 0 Å². The van der Waals surface area contributed by atoms with Gasteiger partial charge in [-0.25, -0.2) is 9.79 Å². The lowest BCUT2D eigenvalue weighted by Gasteiger charge is -2.12. The number of hydrogen-bond acceptors (Lipinski definition) is 4. The number of aliphatic imine (C=N–C) groups is 1. The second-order valence-electron chi connectivity index (χ2n) is 3.83. The first-order chi connectivity index (χ1) is 8.24. The molecular formula is C12H12ClNO3. The zero-order valence-electron chi connectivity index (χ0n) is 9.40. The maximum Gasteiger partial charge on any atom is 0.235 e. The van der Waals surface area contributed by atoms with Gasteiger partial charge in [-0.15, -0.1) is 0 Å². The summed E-state index contributed by atoms with van der Waals surface area (Å²) < 4.78 is 10.9. The van der Waals surface area contributed by atoms with Gasteiger partial charge in [0.15, 0.2) is 11.5 Å². The Morgan fingerprint density at radius 1 is 1.53 bits per heavy atom. The maximum atomic E-state index is 10.1. The molecule has 0 unspecified atom stereocenters. The molecule has 1 aliphatic carbocycles. The van der Waals surface area contributed by atoms with Gasteiger partial charge in [0.1, 0.15) is 0 Å². The number of methoxy groups -OCH3 is 1. The Morgan fingerprint density at radius 3 is 2.88 bits per heavy atom. The quantitative estimate of drug-likeness (QED) is 0.599. The summed E-state index contributed by atoms with van der Waals surface area (Å²) in [7, 11) is 1.55. The smallest absolute Gasteiger partial charge is 0.235 e. The zero-order chi connectivity index (χ0) is 12.3. The van der Waals surface area contributed by atoms with Crippen molar-refractivity contribution in [3.05, 3.63) is 22.7 Å². The molecule has 0 N–H and O–H groups in total. The fourth-order valence-corrected chi connectivity index (χ4v) is 1.73. The van der Waals surface area contributed by atoms with Gasteiger partial charge >= 0.3 is 0 Å². The second-order valence-corrected chi connectivity index (χ2v) is 4.24. The van der Waals surface area contributed by atoms with Crippen molar-refractivity contribution in [2.75, 3.05) is 7.11 Å². The molecule has 90 valence electrons. The van der Waals surface area contributed by atoms with Crippen LogP contribution in [0.25, 0.3) is 0 Å². The molecule has 2 rings (SSSR count). The molecule has 0 amide bonds. The van der Waals surface area contributed by atoms with E-state index in [-0.39, 0.29) is 12.6 Å². The van der Waals surface area contributed by atoms with E-state index in [0.29, 0.717) is 16.5 Å². The summed E-state index contributed by atoms with van der Waals surface area (Å²) in [5, 5.41) is 0.479. The van der Waals surface area contributed by atoms with E-state index in [1.54, 1.807) is 19.2 Å². The van der Waals surface area contributed by atoms with Crippen LogP contribution in [-0.2, 0) is 11.3 Å². The van der Waals surface area contributed by atoms with Crippen LogP contribution in [-0.4, -0.2) is 19.3 Å². The van der Waals surface area contributed by atoms with Crippen molar-refractivity contribution in [3.8, 4) is 11.5 Å². The standard InChI is InChI=1S/C12H12ClNO3/c1-16-11-5-8(6-14-7-15)4-10(13)12(11)17-9-2-3-9/h4-5,9H,2-3,6H2,1H3. The molecule has 1 aromatic rings. The van der Waals surface area contributed by atoms with Crippen LogP contribution in [0.4, 0.5) is 0 Å². The molecule has 0 bridgehead atoms. The van der Waals surface area contributed by atoms with Crippen LogP contribution in [0.2, 0.25) is 5.02 Å². The fraction of sp³-hybridized carbons (Fsp3) is 0.417. The van der Waals surface area contributed by atoms with E-state index in [0.717, 1.165) is 18.4 Å². The summed E-state index contributed by atoms with van der Waals surface area (Å²) in [4.78, 5) is 13.6. The third-order valence-corrected chi connectivity index (χ3v) is 2.71. The molecule has 1 aliphatic rings. The fourth-order valence-electron chi connectivity index (χ4n) is 1.46. The van der Waals surface area contributed by atoms with E-state index in [4.69, 9.17) is 21.1 Å². The minimum absolute atomic E-state index is 0.239.